The highest BCUT2D eigenvalue weighted by Crippen LogP contribution is 2.52. The number of rotatable bonds is 9. The monoisotopic (exact) mass is 484 g/mol. The first-order chi connectivity index (χ1) is 17.1. The van der Waals surface area contributed by atoms with Gasteiger partial charge in [-0.15, -0.1) is 0 Å². The Morgan fingerprint density at radius 3 is 2.57 bits per heavy atom. The second-order valence-electron chi connectivity index (χ2n) is 7.35. The lowest BCUT2D eigenvalue weighted by molar-refractivity contribution is -0.135. The highest BCUT2D eigenvalue weighted by molar-refractivity contribution is 6.36. The van der Waals surface area contributed by atoms with Crippen LogP contribution in [0, 0.1) is 0 Å². The zero-order chi connectivity index (χ0) is 24.8. The Morgan fingerprint density at radius 2 is 1.89 bits per heavy atom. The Hall–Kier alpha value is -4.35. The molecular formula is C23H24N4O8. The third kappa shape index (κ3) is 4.95. The van der Waals surface area contributed by atoms with E-state index in [0.29, 0.717) is 39.7 Å². The number of aromatic nitrogens is 1. The number of oxime groups is 1. The van der Waals surface area contributed by atoms with E-state index in [1.807, 2.05) is 0 Å². The molecule has 184 valence electrons. The van der Waals surface area contributed by atoms with Gasteiger partial charge in [0, 0.05) is 41.9 Å². The van der Waals surface area contributed by atoms with Crippen molar-refractivity contribution >= 4 is 23.8 Å². The van der Waals surface area contributed by atoms with Gasteiger partial charge in [0.05, 0.1) is 27.0 Å². The summed E-state index contributed by atoms with van der Waals surface area (Å²) in [6.07, 6.45) is 4.48. The number of hydrogen-bond donors (Lipinski definition) is 1. The van der Waals surface area contributed by atoms with Gasteiger partial charge in [-0.25, -0.2) is 10.2 Å². The molecular weight excluding hydrogens is 460 g/mol. The Morgan fingerprint density at radius 1 is 1.17 bits per heavy atom. The lowest BCUT2D eigenvalue weighted by Crippen LogP contribution is -2.20. The van der Waals surface area contributed by atoms with E-state index in [2.05, 4.69) is 20.7 Å². The van der Waals surface area contributed by atoms with Gasteiger partial charge in [-0.1, -0.05) is 5.16 Å². The fourth-order valence-electron chi connectivity index (χ4n) is 3.72. The molecule has 1 unspecified atom stereocenters. The smallest absolute Gasteiger partial charge is 0.356 e. The third-order valence-electron chi connectivity index (χ3n) is 5.26. The van der Waals surface area contributed by atoms with E-state index < -0.39 is 18.0 Å². The average Bonchev–Trinajstić information content (AvgIpc) is 3.55. The number of nitrogens with one attached hydrogen (secondary N) is 1. The van der Waals surface area contributed by atoms with Crippen LogP contribution >= 0.6 is 0 Å². The lowest BCUT2D eigenvalue weighted by atomic mass is 9.96. The van der Waals surface area contributed by atoms with Gasteiger partial charge in [-0.3, -0.25) is 9.78 Å². The van der Waals surface area contributed by atoms with Crippen LogP contribution in [0.3, 0.4) is 0 Å². The molecule has 12 nitrogen and oxygen atoms in total. The second kappa shape index (κ2) is 10.7. The Labute approximate surface area is 200 Å². The van der Waals surface area contributed by atoms with E-state index in [-0.39, 0.29) is 32.0 Å². The first kappa shape index (κ1) is 23.8. The molecule has 2 aromatic rings. The number of fused-ring (bicyclic) bond motifs is 1. The maximum atomic E-state index is 12.4. The topological polar surface area (TPSA) is 139 Å². The van der Waals surface area contributed by atoms with Crippen LogP contribution in [0.4, 0.5) is 0 Å². The van der Waals surface area contributed by atoms with Gasteiger partial charge in [-0.2, -0.15) is 5.10 Å². The molecule has 0 radical (unpaired) electrons. The van der Waals surface area contributed by atoms with Gasteiger partial charge in [0.25, 0.3) is 5.91 Å². The van der Waals surface area contributed by atoms with Gasteiger partial charge in [0.1, 0.15) is 6.10 Å². The molecule has 1 N–H and O–H groups in total. The van der Waals surface area contributed by atoms with E-state index in [0.717, 1.165) is 0 Å². The standard InChI is InChI=1S/C23H24N4O8/c1-4-32-23(29)17-10-14(35-27-17)9-15-16(11-25-26-22(28)13-5-7-24-8-6-13)19(31-3)21-20(18(15)30-2)33-12-34-21/h5-8,11,14H,4,9-10,12H2,1-3H3,(H,26,28). The number of ether oxygens (including phenoxy) is 5. The minimum Gasteiger partial charge on any atom is -0.492 e. The maximum Gasteiger partial charge on any atom is 0.356 e. The van der Waals surface area contributed by atoms with Crippen LogP contribution in [0.5, 0.6) is 23.0 Å². The van der Waals surface area contributed by atoms with E-state index in [1.54, 1.807) is 19.1 Å². The SMILES string of the molecule is CCOC(=O)C1=NOC(Cc2c(C=NNC(=O)c3ccncc3)c(OC)c3c(c2OC)OCO3)C1. The Kier molecular flexibility index (Phi) is 7.29. The summed E-state index contributed by atoms with van der Waals surface area (Å²) in [4.78, 5) is 33.8. The molecule has 3 heterocycles. The van der Waals surface area contributed by atoms with E-state index in [4.69, 9.17) is 28.5 Å². The molecule has 35 heavy (non-hydrogen) atoms. The summed E-state index contributed by atoms with van der Waals surface area (Å²) in [5.74, 6) is 0.537. The molecule has 12 heteroatoms. The summed E-state index contributed by atoms with van der Waals surface area (Å²) in [6.45, 7) is 1.94. The molecule has 0 fully saturated rings. The predicted molar refractivity (Wildman–Crippen MR) is 122 cm³/mol. The second-order valence-corrected chi connectivity index (χ2v) is 7.35. The van der Waals surface area contributed by atoms with Gasteiger partial charge in [0.2, 0.25) is 18.3 Å². The molecule has 1 atom stereocenters. The fraction of sp³-hybridized carbons (Fsp3) is 0.348. The molecule has 0 saturated heterocycles. The molecule has 0 spiro atoms. The summed E-state index contributed by atoms with van der Waals surface area (Å²) < 4.78 is 27.5. The summed E-state index contributed by atoms with van der Waals surface area (Å²) >= 11 is 0. The molecule has 1 aromatic heterocycles. The highest BCUT2D eigenvalue weighted by Gasteiger charge is 2.34. The molecule has 1 aromatic carbocycles. The number of pyridine rings is 1. The van der Waals surface area contributed by atoms with Crippen LogP contribution in [0.1, 0.15) is 34.8 Å². The predicted octanol–water partition coefficient (Wildman–Crippen LogP) is 1.84. The first-order valence-corrected chi connectivity index (χ1v) is 10.8. The van der Waals surface area contributed by atoms with E-state index in [9.17, 15) is 9.59 Å². The summed E-state index contributed by atoms with van der Waals surface area (Å²) in [7, 11) is 2.98. The van der Waals surface area contributed by atoms with E-state index in [1.165, 1.54) is 32.8 Å². The average molecular weight is 484 g/mol. The molecule has 0 bridgehead atoms. The van der Waals surface area contributed by atoms with Crippen molar-refractivity contribution in [1.82, 2.24) is 10.4 Å². The molecule has 2 aliphatic rings. The van der Waals surface area contributed by atoms with Gasteiger partial charge < -0.3 is 28.5 Å². The van der Waals surface area contributed by atoms with Crippen molar-refractivity contribution in [2.24, 2.45) is 10.3 Å². The van der Waals surface area contributed by atoms with Crippen molar-refractivity contribution in [3.8, 4) is 23.0 Å². The van der Waals surface area contributed by atoms with Gasteiger partial charge in [0.15, 0.2) is 17.2 Å². The fourth-order valence-corrected chi connectivity index (χ4v) is 3.72. The zero-order valence-electron chi connectivity index (χ0n) is 19.4. The normalized spacial score (nSPS) is 16.0. The Balaban J connectivity index is 1.64. The minimum atomic E-state index is -0.522. The van der Waals surface area contributed by atoms with Crippen LogP contribution in [0.15, 0.2) is 34.8 Å². The van der Waals surface area contributed by atoms with Crippen LogP contribution in [-0.2, 0) is 20.8 Å². The van der Waals surface area contributed by atoms with Crippen molar-refractivity contribution in [2.45, 2.75) is 25.9 Å². The van der Waals surface area contributed by atoms with Crippen molar-refractivity contribution in [1.29, 1.82) is 0 Å². The largest absolute Gasteiger partial charge is 0.492 e. The Bertz CT molecular complexity index is 1170. The molecule has 1 amide bonds. The molecule has 2 aliphatic heterocycles. The zero-order valence-corrected chi connectivity index (χ0v) is 19.4. The number of hydrogen-bond acceptors (Lipinski definition) is 11. The quantitative estimate of drug-likeness (QED) is 0.321. The summed E-state index contributed by atoms with van der Waals surface area (Å²) in [5, 5.41) is 7.98. The summed E-state index contributed by atoms with van der Waals surface area (Å²) in [6, 6.07) is 3.14. The van der Waals surface area contributed by atoms with Gasteiger partial charge >= 0.3 is 5.97 Å². The van der Waals surface area contributed by atoms with E-state index >= 15 is 0 Å². The maximum absolute atomic E-state index is 12.4. The van der Waals surface area contributed by atoms with Crippen molar-refractivity contribution in [3.63, 3.8) is 0 Å². The molecule has 0 saturated carbocycles. The summed E-state index contributed by atoms with van der Waals surface area (Å²) in [5.41, 5.74) is 4.17. The van der Waals surface area contributed by atoms with Crippen molar-refractivity contribution in [3.05, 3.63) is 41.2 Å². The number of methoxy groups -OCH3 is 2. The number of carbonyl (C=O) groups excluding carboxylic acids is 2. The van der Waals surface area contributed by atoms with Crippen molar-refractivity contribution in [2.75, 3.05) is 27.6 Å². The van der Waals surface area contributed by atoms with Gasteiger partial charge in [-0.05, 0) is 19.1 Å². The minimum absolute atomic E-state index is 0.0170. The number of benzene rings is 1. The number of hydrazone groups is 1. The molecule has 0 aliphatic carbocycles. The highest BCUT2D eigenvalue weighted by atomic mass is 16.7. The van der Waals surface area contributed by atoms with Crippen molar-refractivity contribution < 1.29 is 38.1 Å². The van der Waals surface area contributed by atoms with Crippen LogP contribution in [0.2, 0.25) is 0 Å². The molecule has 4 rings (SSSR count). The van der Waals surface area contributed by atoms with Crippen LogP contribution in [0.25, 0.3) is 0 Å². The number of carbonyl (C=O) groups is 2. The number of amides is 1. The number of nitrogens with zero attached hydrogens (tertiary/aromatic N) is 3. The third-order valence-corrected chi connectivity index (χ3v) is 5.26. The number of esters is 1. The van der Waals surface area contributed by atoms with Crippen LogP contribution < -0.4 is 24.4 Å². The van der Waals surface area contributed by atoms with Crippen LogP contribution in [-0.4, -0.2) is 62.5 Å². The lowest BCUT2D eigenvalue weighted by Gasteiger charge is -2.19. The first-order valence-electron chi connectivity index (χ1n) is 10.8.